The number of carbonyl (C=O) groups is 2. The van der Waals surface area contributed by atoms with Crippen LogP contribution in [0.25, 0.3) is 0 Å². The highest BCUT2D eigenvalue weighted by molar-refractivity contribution is 8.06. The average Bonchev–Trinajstić information content (AvgIpc) is 3.12. The molecule has 2 unspecified atom stereocenters. The average molecular weight is 458 g/mol. The number of nitrogens with zero attached hydrogens (tertiary/aromatic N) is 5. The molecular formula is C17H27N5O4S2Si. The van der Waals surface area contributed by atoms with Gasteiger partial charge in [0, 0.05) is 12.0 Å². The standard InChI is InChI=1S/C17H27N5O4S2Si/c1-9(26-29(6,7)17(2,3)4)11-13(23)22-12(15(24)25)10(28-14(11)22)8-27-16-18-19-20-21(16)5/h8-9,11-12,14H,1-7H3,(H,24,25)/t9-,11-,12?,14?/m1/s1. The number of hydrogen-bond donors (Lipinski definition) is 1. The zero-order valence-electron chi connectivity index (χ0n) is 17.6. The Balaban J connectivity index is 1.78. The molecule has 0 spiro atoms. The first-order valence-electron chi connectivity index (χ1n) is 9.33. The van der Waals surface area contributed by atoms with Gasteiger partial charge >= 0.3 is 5.97 Å². The Morgan fingerprint density at radius 2 is 2.07 bits per heavy atom. The first kappa shape index (κ1) is 22.3. The molecule has 0 bridgehead atoms. The van der Waals surface area contributed by atoms with E-state index in [4.69, 9.17) is 4.43 Å². The highest BCUT2D eigenvalue weighted by Gasteiger charge is 2.61. The summed E-state index contributed by atoms with van der Waals surface area (Å²) >= 11 is 2.67. The molecule has 9 nitrogen and oxygen atoms in total. The maximum absolute atomic E-state index is 12.9. The van der Waals surface area contributed by atoms with Crippen LogP contribution in [-0.2, 0) is 21.1 Å². The summed E-state index contributed by atoms with van der Waals surface area (Å²) < 4.78 is 7.94. The number of hydrogen-bond acceptors (Lipinski definition) is 8. The monoisotopic (exact) mass is 457 g/mol. The van der Waals surface area contributed by atoms with E-state index in [9.17, 15) is 14.7 Å². The van der Waals surface area contributed by atoms with Crippen molar-refractivity contribution in [2.45, 2.75) is 68.5 Å². The number of tetrazole rings is 1. The maximum atomic E-state index is 12.9. The summed E-state index contributed by atoms with van der Waals surface area (Å²) in [6.45, 7) is 12.7. The normalized spacial score (nSPS) is 27.1. The zero-order valence-corrected chi connectivity index (χ0v) is 20.2. The third kappa shape index (κ3) is 3.99. The molecule has 29 heavy (non-hydrogen) atoms. The van der Waals surface area contributed by atoms with Crippen LogP contribution < -0.4 is 0 Å². The van der Waals surface area contributed by atoms with E-state index >= 15 is 0 Å². The number of fused-ring (bicyclic) bond motifs is 1. The molecule has 3 rings (SSSR count). The van der Waals surface area contributed by atoms with E-state index in [1.54, 1.807) is 12.5 Å². The molecule has 1 N–H and O–H groups in total. The first-order chi connectivity index (χ1) is 13.3. The summed E-state index contributed by atoms with van der Waals surface area (Å²) in [6, 6.07) is -0.970. The number of carbonyl (C=O) groups excluding carboxylic acids is 1. The summed E-state index contributed by atoms with van der Waals surface area (Å²) in [4.78, 5) is 26.8. The number of aliphatic carboxylic acids is 1. The summed E-state index contributed by atoms with van der Waals surface area (Å²) in [5.41, 5.74) is 0. The van der Waals surface area contributed by atoms with Crippen LogP contribution in [0, 0.1) is 5.92 Å². The quantitative estimate of drug-likeness (QED) is 0.391. The van der Waals surface area contributed by atoms with Crippen molar-refractivity contribution in [1.82, 2.24) is 25.1 Å². The van der Waals surface area contributed by atoms with Crippen LogP contribution in [0.3, 0.4) is 0 Å². The van der Waals surface area contributed by atoms with Crippen molar-refractivity contribution < 1.29 is 19.1 Å². The maximum Gasteiger partial charge on any atom is 0.331 e. The fourth-order valence-corrected chi connectivity index (χ4v) is 7.03. The molecule has 1 aromatic heterocycles. The van der Waals surface area contributed by atoms with Gasteiger partial charge in [0.2, 0.25) is 11.1 Å². The first-order valence-corrected chi connectivity index (χ1v) is 14.0. The molecule has 160 valence electrons. The lowest BCUT2D eigenvalue weighted by atomic mass is 9.91. The van der Waals surface area contributed by atoms with Gasteiger partial charge in [-0.15, -0.1) is 16.9 Å². The van der Waals surface area contributed by atoms with Crippen LogP contribution in [-0.4, -0.2) is 67.9 Å². The van der Waals surface area contributed by atoms with Gasteiger partial charge in [-0.25, -0.2) is 9.48 Å². The summed E-state index contributed by atoms with van der Waals surface area (Å²) in [5, 5.41) is 23.0. The Morgan fingerprint density at radius 3 is 2.59 bits per heavy atom. The fraction of sp³-hybridized carbons (Fsp3) is 0.706. The van der Waals surface area contributed by atoms with Crippen molar-refractivity contribution >= 4 is 43.7 Å². The molecule has 2 aliphatic heterocycles. The number of thioether (sulfide) groups is 2. The molecule has 3 heterocycles. The van der Waals surface area contributed by atoms with Crippen LogP contribution in [0.2, 0.25) is 18.1 Å². The predicted octanol–water partition coefficient (Wildman–Crippen LogP) is 2.54. The number of amides is 1. The second-order valence-electron chi connectivity index (χ2n) is 8.83. The summed E-state index contributed by atoms with van der Waals surface area (Å²) in [6.07, 6.45) is -0.262. The molecule has 0 radical (unpaired) electrons. The Bertz CT molecular complexity index is 853. The number of aryl methyl sites for hydroxylation is 1. The van der Waals surface area contributed by atoms with Gasteiger partial charge in [-0.3, -0.25) is 4.79 Å². The molecule has 12 heteroatoms. The number of aromatic nitrogens is 4. The second-order valence-corrected chi connectivity index (χ2v) is 15.6. The number of β-lactam (4-membered cyclic amide) rings is 1. The molecule has 2 aliphatic rings. The Hall–Kier alpha value is -1.37. The van der Waals surface area contributed by atoms with Gasteiger partial charge in [0.05, 0.1) is 17.4 Å². The van der Waals surface area contributed by atoms with Gasteiger partial charge < -0.3 is 14.4 Å². The van der Waals surface area contributed by atoms with Gasteiger partial charge in [-0.05, 0) is 40.9 Å². The van der Waals surface area contributed by atoms with E-state index in [1.165, 1.54) is 33.1 Å². The van der Waals surface area contributed by atoms with E-state index in [2.05, 4.69) is 49.4 Å². The Kier molecular flexibility index (Phi) is 5.93. The minimum absolute atomic E-state index is 0.0337. The van der Waals surface area contributed by atoms with E-state index in [0.29, 0.717) is 10.1 Å². The van der Waals surface area contributed by atoms with Crippen molar-refractivity contribution in [3.63, 3.8) is 0 Å². The number of rotatable bonds is 6. The lowest BCUT2D eigenvalue weighted by Crippen LogP contribution is -2.65. The highest BCUT2D eigenvalue weighted by Crippen LogP contribution is 2.52. The largest absolute Gasteiger partial charge is 0.479 e. The third-order valence-corrected chi connectivity index (χ3v) is 12.8. The van der Waals surface area contributed by atoms with Crippen molar-refractivity contribution in [3.8, 4) is 0 Å². The van der Waals surface area contributed by atoms with Crippen molar-refractivity contribution in [2.75, 3.05) is 0 Å². The van der Waals surface area contributed by atoms with E-state index in [-0.39, 0.29) is 28.3 Å². The van der Waals surface area contributed by atoms with E-state index < -0.39 is 20.3 Å². The van der Waals surface area contributed by atoms with Crippen LogP contribution in [0.4, 0.5) is 0 Å². The highest BCUT2D eigenvalue weighted by atomic mass is 32.2. The van der Waals surface area contributed by atoms with Crippen LogP contribution >= 0.6 is 23.5 Å². The second kappa shape index (κ2) is 7.71. The van der Waals surface area contributed by atoms with Gasteiger partial charge in [0.1, 0.15) is 0 Å². The molecular weight excluding hydrogens is 430 g/mol. The van der Waals surface area contributed by atoms with Crippen LogP contribution in [0.1, 0.15) is 27.7 Å². The smallest absolute Gasteiger partial charge is 0.331 e. The molecule has 2 fully saturated rings. The van der Waals surface area contributed by atoms with E-state index in [1.807, 2.05) is 6.92 Å². The minimum atomic E-state index is -2.04. The lowest BCUT2D eigenvalue weighted by Gasteiger charge is -2.48. The van der Waals surface area contributed by atoms with Crippen molar-refractivity contribution in [2.24, 2.45) is 13.0 Å². The van der Waals surface area contributed by atoms with Crippen LogP contribution in [0.5, 0.6) is 0 Å². The Morgan fingerprint density at radius 1 is 1.41 bits per heavy atom. The molecule has 0 saturated carbocycles. The summed E-state index contributed by atoms with van der Waals surface area (Å²) in [5.74, 6) is -1.54. The zero-order chi connectivity index (χ0) is 21.7. The molecule has 0 aliphatic carbocycles. The predicted molar refractivity (Wildman–Crippen MR) is 114 cm³/mol. The molecule has 4 atom stereocenters. The van der Waals surface area contributed by atoms with Crippen molar-refractivity contribution in [3.05, 3.63) is 10.3 Å². The molecule has 2 saturated heterocycles. The fourth-order valence-electron chi connectivity index (χ4n) is 3.17. The minimum Gasteiger partial charge on any atom is -0.479 e. The molecule has 1 amide bonds. The van der Waals surface area contributed by atoms with E-state index in [0.717, 1.165) is 0 Å². The molecule has 0 aromatic carbocycles. The van der Waals surface area contributed by atoms with Gasteiger partial charge in [-0.1, -0.05) is 32.5 Å². The molecule has 1 aromatic rings. The van der Waals surface area contributed by atoms with Gasteiger partial charge in [-0.2, -0.15) is 0 Å². The number of carboxylic acid groups (broad SMARTS) is 1. The number of carboxylic acids is 1. The summed E-state index contributed by atoms with van der Waals surface area (Å²) in [7, 11) is -0.328. The van der Waals surface area contributed by atoms with Gasteiger partial charge in [0.15, 0.2) is 14.4 Å². The lowest BCUT2D eigenvalue weighted by molar-refractivity contribution is -0.165. The van der Waals surface area contributed by atoms with Crippen molar-refractivity contribution in [1.29, 1.82) is 0 Å². The van der Waals surface area contributed by atoms with Gasteiger partial charge in [0.25, 0.3) is 0 Å². The SMILES string of the molecule is C[C@@H](O[Si](C)(C)C(C)(C)C)[C@@H]1C(=O)N2C(C(=O)O)C(=CSc3nnnn3C)SC12. The van der Waals surface area contributed by atoms with Crippen LogP contribution in [0.15, 0.2) is 15.5 Å². The Labute approximate surface area is 179 Å². The topological polar surface area (TPSA) is 110 Å². The third-order valence-electron chi connectivity index (χ3n) is 5.81.